The largest absolute Gasteiger partial charge is 0.491 e. The quantitative estimate of drug-likeness (QED) is 0.0615. The van der Waals surface area contributed by atoms with Crippen molar-refractivity contribution >= 4 is 23.9 Å². The maximum Gasteiger partial charge on any atom is 0.323 e. The second-order valence-corrected chi connectivity index (χ2v) is 12.3. The number of nitrogens with zero attached hydrogens (tertiary/aromatic N) is 4. The first kappa shape index (κ1) is 48.9. The molecule has 0 aromatic heterocycles. The van der Waals surface area contributed by atoms with Crippen LogP contribution in [0.5, 0.6) is 5.75 Å². The van der Waals surface area contributed by atoms with E-state index in [2.05, 4.69) is 0 Å². The Kier molecular flexibility index (Phi) is 25.3. The molecule has 1 aromatic carbocycles. The monoisotopic (exact) mass is 902 g/mol. The Balaban J connectivity index is 0.0000140. The Labute approximate surface area is 341 Å². The Bertz CT molecular complexity index is 1180. The van der Waals surface area contributed by atoms with Gasteiger partial charge < -0.3 is 50.0 Å². The molecular formula is C34H56GdN4O14. The van der Waals surface area contributed by atoms with E-state index in [0.29, 0.717) is 51.6 Å². The van der Waals surface area contributed by atoms with Gasteiger partial charge in [0, 0.05) is 98.9 Å². The summed E-state index contributed by atoms with van der Waals surface area (Å²) in [6.45, 7) is 1.81. The van der Waals surface area contributed by atoms with Gasteiger partial charge in [0.2, 0.25) is 0 Å². The zero-order valence-electron chi connectivity index (χ0n) is 30.2. The summed E-state index contributed by atoms with van der Waals surface area (Å²) >= 11 is 0. The first-order valence-electron chi connectivity index (χ1n) is 17.5. The number of benzene rings is 1. The average Bonchev–Trinajstić information content (AvgIpc) is 3.10. The van der Waals surface area contributed by atoms with Gasteiger partial charge in [-0.2, -0.15) is 0 Å². The third-order valence-electron chi connectivity index (χ3n) is 9.06. The van der Waals surface area contributed by atoms with Gasteiger partial charge in [0.1, 0.15) is 36.5 Å². The van der Waals surface area contributed by atoms with Crippen LogP contribution in [0.15, 0.2) is 24.3 Å². The molecule has 0 aliphatic carbocycles. The van der Waals surface area contributed by atoms with Crippen LogP contribution in [-0.4, -0.2) is 209 Å². The van der Waals surface area contributed by atoms with Crippen molar-refractivity contribution < 1.29 is 109 Å². The van der Waals surface area contributed by atoms with E-state index in [4.69, 9.17) is 14.2 Å². The fourth-order valence-electron chi connectivity index (χ4n) is 6.07. The normalized spacial score (nSPS) is 18.0. The molecule has 0 radical (unpaired) electrons. The number of carbonyl (C=O) groups is 4. The van der Waals surface area contributed by atoms with Crippen LogP contribution in [0, 0.1) is 39.9 Å². The Hall–Kier alpha value is -2.14. The maximum absolute atomic E-state index is 12.7. The molecule has 1 aromatic rings. The van der Waals surface area contributed by atoms with Gasteiger partial charge in [-0.3, -0.25) is 38.8 Å². The summed E-state index contributed by atoms with van der Waals surface area (Å²) in [5.74, 6) is -4.43. The van der Waals surface area contributed by atoms with Gasteiger partial charge in [0.05, 0.1) is 39.6 Å². The molecule has 1 aliphatic heterocycles. The van der Waals surface area contributed by atoms with Crippen molar-refractivity contribution in [2.75, 3.05) is 105 Å². The number of hydrogen-bond donors (Lipinski definition) is 7. The second kappa shape index (κ2) is 27.4. The predicted octanol–water partition coefficient (Wildman–Crippen LogP) is -1.55. The Morgan fingerprint density at radius 1 is 0.585 bits per heavy atom. The zero-order valence-corrected chi connectivity index (χ0v) is 32.5. The fraction of sp³-hybridized carbons (Fsp3) is 0.706. The van der Waals surface area contributed by atoms with E-state index in [0.717, 1.165) is 5.56 Å². The van der Waals surface area contributed by atoms with Crippen molar-refractivity contribution in [3.8, 4) is 5.75 Å². The number of aliphatic hydroxyl groups excluding tert-OH is 3. The van der Waals surface area contributed by atoms with Crippen LogP contribution < -0.4 is 4.74 Å². The van der Waals surface area contributed by atoms with Gasteiger partial charge >= 0.3 is 23.9 Å². The Morgan fingerprint density at radius 2 is 0.943 bits per heavy atom. The maximum atomic E-state index is 12.7. The molecule has 1 fully saturated rings. The van der Waals surface area contributed by atoms with Gasteiger partial charge in [-0.15, -0.1) is 0 Å². The second-order valence-electron chi connectivity index (χ2n) is 12.3. The van der Waals surface area contributed by atoms with Crippen LogP contribution in [0.4, 0.5) is 0 Å². The van der Waals surface area contributed by atoms with Gasteiger partial charge in [-0.05, 0) is 43.9 Å². The summed E-state index contributed by atoms with van der Waals surface area (Å²) in [5.41, 5.74) is 0.960. The molecule has 19 heteroatoms. The standard InChI is InChI=1S/C34H56N4O14.Gd/c1-2-50-18-19-51-20-21-52-26-8-6-25(7-9-26)4-3-5-27(31(42)43)35-10-12-36(28(22-39)32(44)45)14-16-38(30(24-41)34(48)49)17-15-37(13-11-35)29(23-40)33(46)47;/h6-9,27-30,39-41H,2-5,10-24H2,1H3,(H,42,43)(H,44,45)(H,46,47)(H,48,49);/t27-,28+,29+,30+;/m1./s1. The molecule has 304 valence electrons. The zero-order chi connectivity index (χ0) is 38.5. The van der Waals surface area contributed by atoms with E-state index in [1.807, 2.05) is 31.2 Å². The molecule has 2 rings (SSSR count). The SMILES string of the molecule is CCOCCOCCOc1ccc(CCC[C@H](C(=O)O)N2CCN([C@@H](CO)C(=O)O)CCN([C@@H](CO)C(=O)O)CCN([C@@H](CO)C(=O)O)CC2)cc1.[Gd]. The van der Waals surface area contributed by atoms with E-state index in [-0.39, 0.29) is 98.7 Å². The minimum atomic E-state index is -1.38. The van der Waals surface area contributed by atoms with E-state index in [1.165, 1.54) is 14.7 Å². The van der Waals surface area contributed by atoms with Crippen molar-refractivity contribution in [3.05, 3.63) is 29.8 Å². The molecular weight excluding hydrogens is 846 g/mol. The topological polar surface area (TPSA) is 251 Å². The molecule has 1 aliphatic rings. The number of carboxylic acids is 4. The summed E-state index contributed by atoms with van der Waals surface area (Å²) in [7, 11) is 0. The summed E-state index contributed by atoms with van der Waals surface area (Å²) in [4.78, 5) is 54.6. The van der Waals surface area contributed by atoms with Crippen molar-refractivity contribution in [1.82, 2.24) is 19.6 Å². The summed E-state index contributed by atoms with van der Waals surface area (Å²) in [6.07, 6.45) is 1.24. The number of ether oxygens (including phenoxy) is 3. The smallest absolute Gasteiger partial charge is 0.323 e. The molecule has 4 atom stereocenters. The molecule has 0 spiro atoms. The molecule has 0 amide bonds. The van der Waals surface area contributed by atoms with Crippen molar-refractivity contribution in [1.29, 1.82) is 0 Å². The molecule has 7 N–H and O–H groups in total. The molecule has 1 heterocycles. The molecule has 53 heavy (non-hydrogen) atoms. The number of carboxylic acid groups (broad SMARTS) is 4. The van der Waals surface area contributed by atoms with Crippen LogP contribution in [0.1, 0.15) is 25.3 Å². The summed E-state index contributed by atoms with van der Waals surface area (Å²) in [5, 5.41) is 69.5. The first-order chi connectivity index (χ1) is 25.0. The first-order valence-corrected chi connectivity index (χ1v) is 17.5. The predicted molar refractivity (Wildman–Crippen MR) is 185 cm³/mol. The molecule has 1 saturated heterocycles. The van der Waals surface area contributed by atoms with Crippen LogP contribution >= 0.6 is 0 Å². The molecule has 18 nitrogen and oxygen atoms in total. The van der Waals surface area contributed by atoms with E-state index in [9.17, 15) is 54.9 Å². The van der Waals surface area contributed by atoms with Crippen LogP contribution in [0.2, 0.25) is 0 Å². The third kappa shape index (κ3) is 17.5. The number of aliphatic hydroxyl groups is 3. The third-order valence-corrected chi connectivity index (χ3v) is 9.06. The number of hydrogen-bond acceptors (Lipinski definition) is 14. The molecule has 0 unspecified atom stereocenters. The van der Waals surface area contributed by atoms with Crippen LogP contribution in [-0.2, 0) is 35.1 Å². The van der Waals surface area contributed by atoms with E-state index in [1.54, 1.807) is 4.90 Å². The van der Waals surface area contributed by atoms with Crippen molar-refractivity contribution in [2.45, 2.75) is 50.4 Å². The van der Waals surface area contributed by atoms with Gasteiger partial charge in [-0.25, -0.2) is 0 Å². The summed E-state index contributed by atoms with van der Waals surface area (Å²) < 4.78 is 16.4. The fourth-order valence-corrected chi connectivity index (χ4v) is 6.07. The number of aliphatic carboxylic acids is 4. The molecule has 0 saturated carbocycles. The number of rotatable bonds is 23. The van der Waals surface area contributed by atoms with Crippen molar-refractivity contribution in [2.24, 2.45) is 0 Å². The summed E-state index contributed by atoms with van der Waals surface area (Å²) in [6, 6.07) is 2.29. The minimum absolute atomic E-state index is 0. The average molecular weight is 902 g/mol. The van der Waals surface area contributed by atoms with Gasteiger partial charge in [-0.1, -0.05) is 12.1 Å². The van der Waals surface area contributed by atoms with Gasteiger partial charge in [0.15, 0.2) is 0 Å². The Morgan fingerprint density at radius 3 is 1.30 bits per heavy atom. The van der Waals surface area contributed by atoms with Crippen LogP contribution in [0.25, 0.3) is 0 Å². The van der Waals surface area contributed by atoms with Gasteiger partial charge in [0.25, 0.3) is 0 Å². The minimum Gasteiger partial charge on any atom is -0.491 e. The van der Waals surface area contributed by atoms with E-state index < -0.39 is 67.9 Å². The van der Waals surface area contributed by atoms with Crippen LogP contribution in [0.3, 0.4) is 0 Å². The van der Waals surface area contributed by atoms with Crippen molar-refractivity contribution in [3.63, 3.8) is 0 Å². The molecule has 0 bridgehead atoms. The number of aryl methyl sites for hydroxylation is 1. The van der Waals surface area contributed by atoms with E-state index >= 15 is 0 Å².